The highest BCUT2D eigenvalue weighted by Crippen LogP contribution is 2.23. The molecule has 5 heteroatoms. The predicted octanol–water partition coefficient (Wildman–Crippen LogP) is 0.901. The van der Waals surface area contributed by atoms with E-state index in [1.54, 1.807) is 18.2 Å². The first kappa shape index (κ1) is 14.9. The van der Waals surface area contributed by atoms with Gasteiger partial charge in [0.2, 0.25) is 0 Å². The second-order valence-corrected chi connectivity index (χ2v) is 3.86. The summed E-state index contributed by atoms with van der Waals surface area (Å²) in [5.41, 5.74) is 0. The van der Waals surface area contributed by atoms with Crippen molar-refractivity contribution in [3.05, 3.63) is 36.6 Å². The minimum absolute atomic E-state index is 0.119. The van der Waals surface area contributed by atoms with Gasteiger partial charge in [-0.25, -0.2) is 0 Å². The number of hydrogen-bond acceptors (Lipinski definition) is 5. The summed E-state index contributed by atoms with van der Waals surface area (Å²) in [5, 5.41) is 27.5. The van der Waals surface area contributed by atoms with E-state index in [0.717, 1.165) is 6.26 Å². The van der Waals surface area contributed by atoms with Crippen LogP contribution in [0.2, 0.25) is 0 Å². The summed E-state index contributed by atoms with van der Waals surface area (Å²) < 4.78 is 10.9. The molecule has 0 fully saturated rings. The lowest BCUT2D eigenvalue weighted by atomic mass is 9.97. The topological polar surface area (TPSA) is 79.2 Å². The number of ether oxygens (including phenoxy) is 2. The van der Waals surface area contributed by atoms with E-state index < -0.39 is 18.5 Å². The Bertz CT molecular complexity index is 311. The minimum Gasteiger partial charge on any atom is -0.516 e. The second-order valence-electron chi connectivity index (χ2n) is 3.86. The molecule has 0 bridgehead atoms. The van der Waals surface area contributed by atoms with Crippen molar-refractivity contribution in [3.63, 3.8) is 0 Å². The summed E-state index contributed by atoms with van der Waals surface area (Å²) in [7, 11) is 0. The lowest BCUT2D eigenvalue weighted by Crippen LogP contribution is -2.40. The molecule has 0 aromatic heterocycles. The highest BCUT2D eigenvalue weighted by Gasteiger charge is 2.31. The maximum absolute atomic E-state index is 9.98. The Kier molecular flexibility index (Phi) is 6.67. The smallest absolute Gasteiger partial charge is 0.167 e. The SMILES string of the molecule is CCO[C@H]1O[C@H](CO)C=C[C@@H]1[C@@H](O)/C=C\C=C\O. The third-order valence-corrected chi connectivity index (χ3v) is 2.58. The van der Waals surface area contributed by atoms with Crippen LogP contribution < -0.4 is 0 Å². The van der Waals surface area contributed by atoms with Crippen LogP contribution in [-0.2, 0) is 9.47 Å². The van der Waals surface area contributed by atoms with Gasteiger partial charge in [0.25, 0.3) is 0 Å². The van der Waals surface area contributed by atoms with E-state index in [1.165, 1.54) is 12.2 Å². The van der Waals surface area contributed by atoms with E-state index in [1.807, 2.05) is 6.92 Å². The Labute approximate surface area is 107 Å². The van der Waals surface area contributed by atoms with Crippen molar-refractivity contribution < 1.29 is 24.8 Å². The van der Waals surface area contributed by atoms with Gasteiger partial charge in [0, 0.05) is 6.61 Å². The number of aliphatic hydroxyl groups is 3. The fraction of sp³-hybridized carbons (Fsp3) is 0.538. The Balaban J connectivity index is 2.70. The molecule has 1 aliphatic heterocycles. The van der Waals surface area contributed by atoms with Gasteiger partial charge in [-0.3, -0.25) is 0 Å². The molecular formula is C13H20O5. The van der Waals surface area contributed by atoms with E-state index in [2.05, 4.69) is 0 Å². The zero-order chi connectivity index (χ0) is 13.4. The molecule has 0 spiro atoms. The maximum Gasteiger partial charge on any atom is 0.167 e. The largest absolute Gasteiger partial charge is 0.516 e. The molecule has 4 atom stereocenters. The fourth-order valence-corrected chi connectivity index (χ4v) is 1.70. The van der Waals surface area contributed by atoms with Gasteiger partial charge in [0.15, 0.2) is 6.29 Å². The van der Waals surface area contributed by atoms with Gasteiger partial charge in [-0.05, 0) is 13.0 Å². The molecule has 1 heterocycles. The quantitative estimate of drug-likeness (QED) is 0.374. The molecule has 0 saturated carbocycles. The lowest BCUT2D eigenvalue weighted by molar-refractivity contribution is -0.201. The molecule has 0 unspecified atom stereocenters. The number of hydrogen-bond donors (Lipinski definition) is 3. The van der Waals surface area contributed by atoms with Gasteiger partial charge in [0.1, 0.15) is 6.10 Å². The van der Waals surface area contributed by atoms with Crippen LogP contribution in [0.5, 0.6) is 0 Å². The van der Waals surface area contributed by atoms with Gasteiger partial charge in [-0.15, -0.1) is 0 Å². The summed E-state index contributed by atoms with van der Waals surface area (Å²) in [5.74, 6) is -0.337. The molecule has 0 radical (unpaired) electrons. The molecule has 5 nitrogen and oxygen atoms in total. The average molecular weight is 256 g/mol. The van der Waals surface area contributed by atoms with E-state index in [0.29, 0.717) is 6.61 Å². The van der Waals surface area contributed by atoms with Crippen molar-refractivity contribution in [3.8, 4) is 0 Å². The highest BCUT2D eigenvalue weighted by molar-refractivity contribution is 5.09. The van der Waals surface area contributed by atoms with Crippen LogP contribution in [0.25, 0.3) is 0 Å². The van der Waals surface area contributed by atoms with Crippen molar-refractivity contribution in [2.75, 3.05) is 13.2 Å². The van der Waals surface area contributed by atoms with Gasteiger partial charge in [0.05, 0.1) is 24.9 Å². The lowest BCUT2D eigenvalue weighted by Gasteiger charge is -2.33. The maximum atomic E-state index is 9.98. The average Bonchev–Trinajstić information content (AvgIpc) is 2.39. The number of allylic oxidation sites excluding steroid dienone is 2. The highest BCUT2D eigenvalue weighted by atomic mass is 16.7. The van der Waals surface area contributed by atoms with E-state index >= 15 is 0 Å². The Morgan fingerprint density at radius 1 is 1.39 bits per heavy atom. The summed E-state index contributed by atoms with van der Waals surface area (Å²) in [6.07, 6.45) is 7.09. The molecule has 102 valence electrons. The van der Waals surface area contributed by atoms with Gasteiger partial charge < -0.3 is 24.8 Å². The minimum atomic E-state index is -0.784. The molecule has 0 aliphatic carbocycles. The van der Waals surface area contributed by atoms with Crippen molar-refractivity contribution in [1.82, 2.24) is 0 Å². The van der Waals surface area contributed by atoms with Crippen LogP contribution in [0.3, 0.4) is 0 Å². The standard InChI is InChI=1S/C13H20O5/c1-2-17-13-11(7-6-10(9-15)18-13)12(16)5-3-4-8-14/h3-8,10-16H,2,9H2,1H3/b5-3-,8-4+/t10-,11+,12-,13-/m0/s1. The van der Waals surface area contributed by atoms with E-state index in [4.69, 9.17) is 19.7 Å². The van der Waals surface area contributed by atoms with Gasteiger partial charge in [-0.1, -0.05) is 24.3 Å². The zero-order valence-electron chi connectivity index (χ0n) is 10.3. The molecule has 0 aromatic rings. The van der Waals surface area contributed by atoms with Crippen LogP contribution in [0.4, 0.5) is 0 Å². The first-order chi connectivity index (χ1) is 8.72. The first-order valence-electron chi connectivity index (χ1n) is 5.94. The Hall–Kier alpha value is -1.14. The van der Waals surface area contributed by atoms with Crippen LogP contribution in [0.15, 0.2) is 36.6 Å². The van der Waals surface area contributed by atoms with Gasteiger partial charge >= 0.3 is 0 Å². The summed E-state index contributed by atoms with van der Waals surface area (Å²) in [6.45, 7) is 2.18. The van der Waals surface area contributed by atoms with Crippen molar-refractivity contribution in [2.45, 2.75) is 25.4 Å². The normalized spacial score (nSPS) is 30.3. The molecule has 1 rings (SSSR count). The first-order valence-corrected chi connectivity index (χ1v) is 5.94. The Morgan fingerprint density at radius 3 is 2.78 bits per heavy atom. The molecular weight excluding hydrogens is 236 g/mol. The fourth-order valence-electron chi connectivity index (χ4n) is 1.70. The van der Waals surface area contributed by atoms with Crippen LogP contribution in [-0.4, -0.2) is 47.0 Å². The van der Waals surface area contributed by atoms with E-state index in [-0.39, 0.29) is 12.5 Å². The van der Waals surface area contributed by atoms with Crippen LogP contribution in [0.1, 0.15) is 6.92 Å². The van der Waals surface area contributed by atoms with Crippen LogP contribution in [0, 0.1) is 5.92 Å². The van der Waals surface area contributed by atoms with Crippen molar-refractivity contribution in [2.24, 2.45) is 5.92 Å². The number of rotatable bonds is 6. The van der Waals surface area contributed by atoms with Crippen molar-refractivity contribution in [1.29, 1.82) is 0 Å². The third kappa shape index (κ3) is 4.27. The molecule has 0 amide bonds. The monoisotopic (exact) mass is 256 g/mol. The molecule has 18 heavy (non-hydrogen) atoms. The van der Waals surface area contributed by atoms with Gasteiger partial charge in [-0.2, -0.15) is 0 Å². The van der Waals surface area contributed by atoms with Crippen molar-refractivity contribution >= 4 is 0 Å². The molecule has 3 N–H and O–H groups in total. The third-order valence-electron chi connectivity index (χ3n) is 2.58. The summed E-state index contributed by atoms with van der Waals surface area (Å²) >= 11 is 0. The predicted molar refractivity (Wildman–Crippen MR) is 66.9 cm³/mol. The zero-order valence-corrected chi connectivity index (χ0v) is 10.3. The number of aliphatic hydroxyl groups excluding tert-OH is 3. The Morgan fingerprint density at radius 2 is 2.17 bits per heavy atom. The second kappa shape index (κ2) is 8.05. The summed E-state index contributed by atoms with van der Waals surface area (Å²) in [6, 6.07) is 0. The molecule has 0 saturated heterocycles. The molecule has 1 aliphatic rings. The summed E-state index contributed by atoms with van der Waals surface area (Å²) in [4.78, 5) is 0. The van der Waals surface area contributed by atoms with Crippen LogP contribution >= 0.6 is 0 Å². The molecule has 0 aromatic carbocycles. The van der Waals surface area contributed by atoms with E-state index in [9.17, 15) is 5.11 Å².